The molecule has 0 aromatic heterocycles. The minimum atomic E-state index is 0.765. The van der Waals surface area contributed by atoms with E-state index in [4.69, 9.17) is 4.74 Å². The lowest BCUT2D eigenvalue weighted by molar-refractivity contribution is 0.416. The third kappa shape index (κ3) is 3.05. The Balaban J connectivity index is 2.11. The number of hydrogen-bond donors (Lipinski definition) is 1. The monoisotopic (exact) mass is 305 g/mol. The van der Waals surface area contributed by atoms with Crippen molar-refractivity contribution >= 4 is 21.6 Å². The minimum absolute atomic E-state index is 0.765. The SMILES string of the molecule is COc1ccccc1NCc1ccc(C)cc1Br. The molecule has 2 rings (SSSR count). The number of methoxy groups -OCH3 is 1. The van der Waals surface area contributed by atoms with Gasteiger partial charge in [0.15, 0.2) is 0 Å². The van der Waals surface area contributed by atoms with Gasteiger partial charge in [-0.25, -0.2) is 0 Å². The van der Waals surface area contributed by atoms with Crippen molar-refractivity contribution in [3.8, 4) is 5.75 Å². The molecule has 0 aliphatic heterocycles. The van der Waals surface area contributed by atoms with E-state index in [9.17, 15) is 0 Å². The van der Waals surface area contributed by atoms with Crippen LogP contribution in [0.3, 0.4) is 0 Å². The number of rotatable bonds is 4. The molecule has 2 aromatic carbocycles. The Kier molecular flexibility index (Phi) is 4.26. The zero-order chi connectivity index (χ0) is 13.0. The van der Waals surface area contributed by atoms with Gasteiger partial charge < -0.3 is 10.1 Å². The summed E-state index contributed by atoms with van der Waals surface area (Å²) in [7, 11) is 1.68. The van der Waals surface area contributed by atoms with E-state index in [1.165, 1.54) is 11.1 Å². The molecule has 18 heavy (non-hydrogen) atoms. The number of anilines is 1. The van der Waals surface area contributed by atoms with Crippen molar-refractivity contribution < 1.29 is 4.74 Å². The number of halogens is 1. The van der Waals surface area contributed by atoms with Crippen molar-refractivity contribution in [2.45, 2.75) is 13.5 Å². The number of para-hydroxylation sites is 2. The Hall–Kier alpha value is -1.48. The summed E-state index contributed by atoms with van der Waals surface area (Å²) in [5, 5.41) is 3.39. The van der Waals surface area contributed by atoms with Gasteiger partial charge in [0, 0.05) is 11.0 Å². The molecule has 0 saturated carbocycles. The van der Waals surface area contributed by atoms with Crippen LogP contribution in [-0.2, 0) is 6.54 Å². The second-order valence-electron chi connectivity index (χ2n) is 4.15. The predicted octanol–water partition coefficient (Wildman–Crippen LogP) is 4.38. The van der Waals surface area contributed by atoms with Gasteiger partial charge in [-0.2, -0.15) is 0 Å². The Bertz CT molecular complexity index is 540. The number of hydrogen-bond acceptors (Lipinski definition) is 2. The molecule has 0 unspecified atom stereocenters. The van der Waals surface area contributed by atoms with E-state index >= 15 is 0 Å². The molecule has 2 nitrogen and oxygen atoms in total. The summed E-state index contributed by atoms with van der Waals surface area (Å²) in [6.45, 7) is 2.85. The summed E-state index contributed by atoms with van der Waals surface area (Å²) in [5.74, 6) is 0.862. The zero-order valence-corrected chi connectivity index (χ0v) is 12.1. The third-order valence-electron chi connectivity index (χ3n) is 2.78. The van der Waals surface area contributed by atoms with E-state index in [2.05, 4.69) is 46.4 Å². The number of benzene rings is 2. The van der Waals surface area contributed by atoms with E-state index in [0.29, 0.717) is 0 Å². The summed E-state index contributed by atoms with van der Waals surface area (Å²) in [6.07, 6.45) is 0. The van der Waals surface area contributed by atoms with Crippen LogP contribution in [0, 0.1) is 6.92 Å². The molecule has 1 N–H and O–H groups in total. The van der Waals surface area contributed by atoms with Gasteiger partial charge in [-0.3, -0.25) is 0 Å². The molecule has 0 amide bonds. The van der Waals surface area contributed by atoms with Crippen LogP contribution in [0.15, 0.2) is 46.9 Å². The summed E-state index contributed by atoms with van der Waals surface area (Å²) in [4.78, 5) is 0. The molecule has 0 saturated heterocycles. The molecular weight excluding hydrogens is 290 g/mol. The van der Waals surface area contributed by atoms with E-state index in [1.807, 2.05) is 24.3 Å². The molecule has 0 aliphatic rings. The van der Waals surface area contributed by atoms with Crippen LogP contribution >= 0.6 is 15.9 Å². The van der Waals surface area contributed by atoms with Crippen molar-refractivity contribution in [2.24, 2.45) is 0 Å². The van der Waals surface area contributed by atoms with Gasteiger partial charge in [0.1, 0.15) is 5.75 Å². The Morgan fingerprint density at radius 2 is 1.94 bits per heavy atom. The summed E-state index contributed by atoms with van der Waals surface area (Å²) < 4.78 is 6.44. The fourth-order valence-electron chi connectivity index (χ4n) is 1.78. The van der Waals surface area contributed by atoms with E-state index in [0.717, 1.165) is 22.5 Å². The van der Waals surface area contributed by atoms with Crippen molar-refractivity contribution in [2.75, 3.05) is 12.4 Å². The summed E-state index contributed by atoms with van der Waals surface area (Å²) in [5.41, 5.74) is 3.49. The van der Waals surface area contributed by atoms with Crippen LogP contribution in [0.4, 0.5) is 5.69 Å². The second kappa shape index (κ2) is 5.91. The first-order valence-corrected chi connectivity index (χ1v) is 6.62. The average molecular weight is 306 g/mol. The Labute approximate surface area is 116 Å². The maximum Gasteiger partial charge on any atom is 0.141 e. The van der Waals surface area contributed by atoms with Gasteiger partial charge in [0.25, 0.3) is 0 Å². The normalized spacial score (nSPS) is 10.2. The lowest BCUT2D eigenvalue weighted by Crippen LogP contribution is -2.02. The first-order chi connectivity index (χ1) is 8.70. The van der Waals surface area contributed by atoms with Crippen LogP contribution < -0.4 is 10.1 Å². The van der Waals surface area contributed by atoms with Gasteiger partial charge in [-0.15, -0.1) is 0 Å². The van der Waals surface area contributed by atoms with Crippen LogP contribution in [0.1, 0.15) is 11.1 Å². The third-order valence-corrected chi connectivity index (χ3v) is 3.52. The molecule has 0 atom stereocenters. The van der Waals surface area contributed by atoms with E-state index < -0.39 is 0 Å². The molecule has 0 heterocycles. The molecule has 0 spiro atoms. The van der Waals surface area contributed by atoms with Crippen LogP contribution in [0.25, 0.3) is 0 Å². The highest BCUT2D eigenvalue weighted by Gasteiger charge is 2.03. The quantitative estimate of drug-likeness (QED) is 0.905. The first kappa shape index (κ1) is 13.0. The maximum absolute atomic E-state index is 5.31. The molecule has 94 valence electrons. The van der Waals surface area contributed by atoms with Crippen LogP contribution in [0.5, 0.6) is 5.75 Å². The highest BCUT2D eigenvalue weighted by Crippen LogP contribution is 2.25. The lowest BCUT2D eigenvalue weighted by atomic mass is 10.1. The average Bonchev–Trinajstić information content (AvgIpc) is 2.38. The van der Waals surface area contributed by atoms with Crippen LogP contribution in [-0.4, -0.2) is 7.11 Å². The van der Waals surface area contributed by atoms with E-state index in [1.54, 1.807) is 7.11 Å². The summed E-state index contributed by atoms with van der Waals surface area (Å²) >= 11 is 3.58. The second-order valence-corrected chi connectivity index (χ2v) is 5.00. The van der Waals surface area contributed by atoms with Gasteiger partial charge in [-0.1, -0.05) is 40.2 Å². The van der Waals surface area contributed by atoms with Gasteiger partial charge in [-0.05, 0) is 36.2 Å². The standard InChI is InChI=1S/C15H16BrNO/c1-11-7-8-12(13(16)9-11)10-17-14-5-3-4-6-15(14)18-2/h3-9,17H,10H2,1-2H3. The van der Waals surface area contributed by atoms with Gasteiger partial charge >= 0.3 is 0 Å². The molecule has 0 radical (unpaired) electrons. The first-order valence-electron chi connectivity index (χ1n) is 5.82. The zero-order valence-electron chi connectivity index (χ0n) is 10.5. The topological polar surface area (TPSA) is 21.3 Å². The number of nitrogens with one attached hydrogen (secondary N) is 1. The molecule has 0 bridgehead atoms. The van der Waals surface area contributed by atoms with Crippen molar-refractivity contribution in [1.29, 1.82) is 0 Å². The molecule has 3 heteroatoms. The van der Waals surface area contributed by atoms with E-state index in [-0.39, 0.29) is 0 Å². The molecule has 0 fully saturated rings. The highest BCUT2D eigenvalue weighted by atomic mass is 79.9. The smallest absolute Gasteiger partial charge is 0.141 e. The molecule has 2 aromatic rings. The Morgan fingerprint density at radius 1 is 1.17 bits per heavy atom. The van der Waals surface area contributed by atoms with Crippen molar-refractivity contribution in [1.82, 2.24) is 0 Å². The fraction of sp³-hybridized carbons (Fsp3) is 0.200. The maximum atomic E-state index is 5.31. The van der Waals surface area contributed by atoms with Crippen LogP contribution in [0.2, 0.25) is 0 Å². The fourth-order valence-corrected chi connectivity index (χ4v) is 2.41. The number of aryl methyl sites for hydroxylation is 1. The summed E-state index contributed by atoms with van der Waals surface area (Å²) in [6, 6.07) is 14.3. The highest BCUT2D eigenvalue weighted by molar-refractivity contribution is 9.10. The lowest BCUT2D eigenvalue weighted by Gasteiger charge is -2.12. The predicted molar refractivity (Wildman–Crippen MR) is 79.2 cm³/mol. The van der Waals surface area contributed by atoms with Crippen molar-refractivity contribution in [3.05, 3.63) is 58.1 Å². The largest absolute Gasteiger partial charge is 0.495 e. The van der Waals surface area contributed by atoms with Gasteiger partial charge in [0.05, 0.1) is 12.8 Å². The molecular formula is C15H16BrNO. The van der Waals surface area contributed by atoms with Crippen molar-refractivity contribution in [3.63, 3.8) is 0 Å². The Morgan fingerprint density at radius 3 is 2.67 bits per heavy atom. The minimum Gasteiger partial charge on any atom is -0.495 e. The number of ether oxygens (including phenoxy) is 1. The van der Waals surface area contributed by atoms with Gasteiger partial charge in [0.2, 0.25) is 0 Å². The molecule has 0 aliphatic carbocycles.